The largest absolute Gasteiger partial charge is 0.319 e. The van der Waals surface area contributed by atoms with Crippen LogP contribution >= 0.6 is 11.3 Å². The van der Waals surface area contributed by atoms with Crippen molar-refractivity contribution in [3.63, 3.8) is 0 Å². The molecule has 1 atom stereocenters. The fourth-order valence-corrected chi connectivity index (χ4v) is 4.24. The summed E-state index contributed by atoms with van der Waals surface area (Å²) in [4.78, 5) is 31.7. The predicted octanol–water partition coefficient (Wildman–Crippen LogP) is 3.03. The number of amides is 2. The van der Waals surface area contributed by atoms with E-state index in [0.717, 1.165) is 21.5 Å². The molecule has 1 unspecified atom stereocenters. The van der Waals surface area contributed by atoms with Crippen molar-refractivity contribution < 1.29 is 9.59 Å². The maximum atomic E-state index is 12.7. The Bertz CT molecular complexity index is 1060. The molecule has 5 nitrogen and oxygen atoms in total. The Labute approximate surface area is 155 Å². The molecule has 2 amide bonds. The minimum absolute atomic E-state index is 0.0249. The highest BCUT2D eigenvalue weighted by Gasteiger charge is 2.35. The molecule has 2 aromatic carbocycles. The van der Waals surface area contributed by atoms with Gasteiger partial charge >= 0.3 is 0 Å². The smallest absolute Gasteiger partial charge is 0.253 e. The van der Waals surface area contributed by atoms with Crippen LogP contribution in [0.25, 0.3) is 10.2 Å². The van der Waals surface area contributed by atoms with E-state index in [1.807, 2.05) is 67.1 Å². The molecule has 1 fully saturated rings. The summed E-state index contributed by atoms with van der Waals surface area (Å²) in [6.07, 6.45) is 0.213. The molecule has 1 aliphatic rings. The number of hydrogen-bond acceptors (Lipinski definition) is 3. The lowest BCUT2D eigenvalue weighted by Crippen LogP contribution is -2.26. The summed E-state index contributed by atoms with van der Waals surface area (Å²) in [5.74, 6) is -0.646. The van der Waals surface area contributed by atoms with E-state index in [9.17, 15) is 9.59 Å². The van der Waals surface area contributed by atoms with Crippen molar-refractivity contribution in [3.8, 4) is 0 Å². The van der Waals surface area contributed by atoms with E-state index in [2.05, 4.69) is 4.99 Å². The van der Waals surface area contributed by atoms with Gasteiger partial charge in [0, 0.05) is 25.7 Å². The van der Waals surface area contributed by atoms with E-state index in [1.54, 1.807) is 4.90 Å². The Morgan fingerprint density at radius 1 is 1.15 bits per heavy atom. The molecular formula is C20H19N3O2S. The van der Waals surface area contributed by atoms with Crippen LogP contribution in [0.1, 0.15) is 12.0 Å². The standard InChI is InChI=1S/C20H19N3O2S/c1-13-7-9-15(10-8-13)23-12-14(11-18(23)24)19(25)21-20-22(2)16-5-3-4-6-17(16)26-20/h3-10,14H,11-12H2,1-2H3. The minimum Gasteiger partial charge on any atom is -0.319 e. The van der Waals surface area contributed by atoms with Crippen molar-refractivity contribution >= 4 is 39.1 Å². The summed E-state index contributed by atoms with van der Waals surface area (Å²) < 4.78 is 3.01. The second-order valence-electron chi connectivity index (χ2n) is 6.60. The lowest BCUT2D eigenvalue weighted by Gasteiger charge is -2.16. The SMILES string of the molecule is Cc1ccc(N2CC(C(=O)N=c3sc4ccccc4n3C)CC2=O)cc1. The van der Waals surface area contributed by atoms with Crippen LogP contribution in [0, 0.1) is 12.8 Å². The highest BCUT2D eigenvalue weighted by Crippen LogP contribution is 2.26. The first-order valence-corrected chi connectivity index (χ1v) is 9.35. The molecule has 0 saturated carbocycles. The summed E-state index contributed by atoms with van der Waals surface area (Å²) in [7, 11) is 1.91. The van der Waals surface area contributed by atoms with Crippen LogP contribution in [0.4, 0.5) is 5.69 Å². The molecule has 132 valence electrons. The topological polar surface area (TPSA) is 54.7 Å². The zero-order valence-electron chi connectivity index (χ0n) is 14.7. The Kier molecular flexibility index (Phi) is 4.20. The van der Waals surface area contributed by atoms with Gasteiger partial charge in [0.15, 0.2) is 4.80 Å². The minimum atomic E-state index is -0.394. The average molecular weight is 365 g/mol. The van der Waals surface area contributed by atoms with Crippen LogP contribution in [0.15, 0.2) is 53.5 Å². The molecule has 0 aliphatic carbocycles. The van der Waals surface area contributed by atoms with Crippen molar-refractivity contribution in [2.24, 2.45) is 18.0 Å². The zero-order chi connectivity index (χ0) is 18.3. The normalized spacial score (nSPS) is 18.1. The van der Waals surface area contributed by atoms with Gasteiger partial charge in [-0.05, 0) is 31.2 Å². The number of thiazole rings is 1. The van der Waals surface area contributed by atoms with E-state index in [0.29, 0.717) is 11.3 Å². The monoisotopic (exact) mass is 365 g/mol. The average Bonchev–Trinajstić information content (AvgIpc) is 3.17. The number of aromatic nitrogens is 1. The maximum Gasteiger partial charge on any atom is 0.253 e. The zero-order valence-corrected chi connectivity index (χ0v) is 15.5. The number of nitrogens with zero attached hydrogens (tertiary/aromatic N) is 3. The first kappa shape index (κ1) is 16.7. The van der Waals surface area contributed by atoms with Gasteiger partial charge in [-0.25, -0.2) is 0 Å². The molecule has 0 N–H and O–H groups in total. The fourth-order valence-electron chi connectivity index (χ4n) is 3.22. The van der Waals surface area contributed by atoms with Crippen molar-refractivity contribution in [1.29, 1.82) is 0 Å². The van der Waals surface area contributed by atoms with Crippen molar-refractivity contribution in [2.45, 2.75) is 13.3 Å². The second kappa shape index (κ2) is 6.53. The van der Waals surface area contributed by atoms with Gasteiger partial charge in [0.25, 0.3) is 5.91 Å². The van der Waals surface area contributed by atoms with E-state index in [1.165, 1.54) is 11.3 Å². The van der Waals surface area contributed by atoms with Crippen LogP contribution in [-0.2, 0) is 16.6 Å². The number of para-hydroxylation sites is 1. The molecule has 26 heavy (non-hydrogen) atoms. The van der Waals surface area contributed by atoms with Crippen LogP contribution in [0.3, 0.4) is 0 Å². The number of benzene rings is 2. The third-order valence-corrected chi connectivity index (χ3v) is 5.85. The van der Waals surface area contributed by atoms with Gasteiger partial charge in [-0.3, -0.25) is 9.59 Å². The van der Waals surface area contributed by atoms with E-state index >= 15 is 0 Å². The molecule has 0 radical (unpaired) electrons. The molecule has 2 heterocycles. The van der Waals surface area contributed by atoms with Crippen LogP contribution in [0.5, 0.6) is 0 Å². The molecule has 1 aromatic heterocycles. The molecule has 4 rings (SSSR count). The van der Waals surface area contributed by atoms with Crippen molar-refractivity contribution in [3.05, 3.63) is 58.9 Å². The number of hydrogen-bond donors (Lipinski definition) is 0. The number of anilines is 1. The Morgan fingerprint density at radius 2 is 1.88 bits per heavy atom. The van der Waals surface area contributed by atoms with E-state index < -0.39 is 5.92 Å². The van der Waals surface area contributed by atoms with Crippen LogP contribution in [0.2, 0.25) is 0 Å². The molecule has 0 bridgehead atoms. The quantitative estimate of drug-likeness (QED) is 0.701. The summed E-state index contributed by atoms with van der Waals surface area (Å²) in [5.41, 5.74) is 3.02. The van der Waals surface area contributed by atoms with Gasteiger partial charge in [-0.2, -0.15) is 4.99 Å². The van der Waals surface area contributed by atoms with Gasteiger partial charge in [0.2, 0.25) is 5.91 Å². The third kappa shape index (κ3) is 2.97. The maximum absolute atomic E-state index is 12.7. The van der Waals surface area contributed by atoms with E-state index in [-0.39, 0.29) is 18.2 Å². The molecule has 3 aromatic rings. The molecule has 0 spiro atoms. The summed E-state index contributed by atoms with van der Waals surface area (Å²) in [6.45, 7) is 2.39. The summed E-state index contributed by atoms with van der Waals surface area (Å²) >= 11 is 1.49. The lowest BCUT2D eigenvalue weighted by molar-refractivity contribution is -0.123. The summed E-state index contributed by atoms with van der Waals surface area (Å²) in [5, 5.41) is 0. The molecule has 1 saturated heterocycles. The Balaban J connectivity index is 1.60. The number of aryl methyl sites for hydroxylation is 2. The fraction of sp³-hybridized carbons (Fsp3) is 0.250. The highest BCUT2D eigenvalue weighted by molar-refractivity contribution is 7.16. The first-order valence-electron chi connectivity index (χ1n) is 8.53. The molecular weight excluding hydrogens is 346 g/mol. The first-order chi connectivity index (χ1) is 12.5. The highest BCUT2D eigenvalue weighted by atomic mass is 32.1. The van der Waals surface area contributed by atoms with E-state index in [4.69, 9.17) is 0 Å². The number of rotatable bonds is 2. The van der Waals surface area contributed by atoms with Gasteiger partial charge in [-0.1, -0.05) is 41.2 Å². The molecule has 6 heteroatoms. The van der Waals surface area contributed by atoms with Gasteiger partial charge in [0.05, 0.1) is 16.1 Å². The van der Waals surface area contributed by atoms with Gasteiger partial charge in [0.1, 0.15) is 0 Å². The number of carbonyl (C=O) groups is 2. The van der Waals surface area contributed by atoms with Crippen molar-refractivity contribution in [2.75, 3.05) is 11.4 Å². The molecule has 1 aliphatic heterocycles. The van der Waals surface area contributed by atoms with Gasteiger partial charge in [-0.15, -0.1) is 0 Å². The summed E-state index contributed by atoms with van der Waals surface area (Å²) in [6, 6.07) is 15.7. The predicted molar refractivity (Wildman–Crippen MR) is 103 cm³/mol. The lowest BCUT2D eigenvalue weighted by atomic mass is 10.1. The number of fused-ring (bicyclic) bond motifs is 1. The second-order valence-corrected chi connectivity index (χ2v) is 7.61. The number of carbonyl (C=O) groups excluding carboxylic acids is 2. The van der Waals surface area contributed by atoms with Crippen molar-refractivity contribution in [1.82, 2.24) is 4.57 Å². The Morgan fingerprint density at radius 3 is 2.62 bits per heavy atom. The van der Waals surface area contributed by atoms with Crippen LogP contribution in [-0.4, -0.2) is 22.9 Å². The third-order valence-electron chi connectivity index (χ3n) is 4.74. The van der Waals surface area contributed by atoms with Crippen LogP contribution < -0.4 is 9.70 Å². The van der Waals surface area contributed by atoms with Gasteiger partial charge < -0.3 is 9.47 Å². The Hall–Kier alpha value is -2.73.